The van der Waals surface area contributed by atoms with E-state index in [0.717, 1.165) is 19.6 Å². The Balaban J connectivity index is 1.78. The number of nitrogens with one attached hydrogen (secondary N) is 1. The molecule has 80 valence electrons. The maximum atomic E-state index is 11.3. The Morgan fingerprint density at radius 2 is 2.14 bits per heavy atom. The highest BCUT2D eigenvalue weighted by Gasteiger charge is 2.30. The Kier molecular flexibility index (Phi) is 2.66. The number of carbonyl (C=O) groups is 1. The number of hydrogen-bond acceptors (Lipinski definition) is 1. The van der Waals surface area contributed by atoms with Gasteiger partial charge < -0.3 is 10.2 Å². The monoisotopic (exact) mass is 196 g/mol. The number of rotatable bonds is 3. The highest BCUT2D eigenvalue weighted by Crippen LogP contribution is 2.40. The summed E-state index contributed by atoms with van der Waals surface area (Å²) in [5.41, 5.74) is 0.517. The zero-order chi connectivity index (χ0) is 10.0. The van der Waals surface area contributed by atoms with Gasteiger partial charge in [0.2, 0.25) is 0 Å². The zero-order valence-electron chi connectivity index (χ0n) is 9.01. The predicted octanol–water partition coefficient (Wildman–Crippen LogP) is 1.98. The minimum absolute atomic E-state index is 0.131. The van der Waals surface area contributed by atoms with Crippen molar-refractivity contribution in [3.05, 3.63) is 0 Å². The van der Waals surface area contributed by atoms with E-state index < -0.39 is 0 Å². The molecular weight excluding hydrogens is 176 g/mol. The number of nitrogens with zero attached hydrogens (tertiary/aromatic N) is 1. The Bertz CT molecular complexity index is 221. The van der Waals surface area contributed by atoms with Crippen LogP contribution in [0.15, 0.2) is 0 Å². The topological polar surface area (TPSA) is 32.3 Å². The summed E-state index contributed by atoms with van der Waals surface area (Å²) in [7, 11) is 0. The van der Waals surface area contributed by atoms with Crippen LogP contribution < -0.4 is 5.32 Å². The van der Waals surface area contributed by atoms with Gasteiger partial charge in [0, 0.05) is 19.6 Å². The molecule has 0 radical (unpaired) electrons. The van der Waals surface area contributed by atoms with E-state index in [0.29, 0.717) is 5.41 Å². The summed E-state index contributed by atoms with van der Waals surface area (Å²) in [4.78, 5) is 13.2. The van der Waals surface area contributed by atoms with Crippen molar-refractivity contribution in [1.29, 1.82) is 0 Å². The lowest BCUT2D eigenvalue weighted by Gasteiger charge is -2.26. The second-order valence-electron chi connectivity index (χ2n) is 4.99. The molecule has 0 aromatic rings. The van der Waals surface area contributed by atoms with E-state index in [1.807, 2.05) is 4.90 Å². The van der Waals surface area contributed by atoms with Crippen LogP contribution in [0, 0.1) is 5.41 Å². The van der Waals surface area contributed by atoms with E-state index in [4.69, 9.17) is 0 Å². The van der Waals surface area contributed by atoms with E-state index in [1.54, 1.807) is 0 Å². The maximum absolute atomic E-state index is 11.3. The van der Waals surface area contributed by atoms with Crippen LogP contribution in [0.2, 0.25) is 0 Å². The fourth-order valence-electron chi connectivity index (χ4n) is 2.61. The fourth-order valence-corrected chi connectivity index (χ4v) is 2.61. The van der Waals surface area contributed by atoms with Crippen LogP contribution in [0.4, 0.5) is 4.79 Å². The lowest BCUT2D eigenvalue weighted by molar-refractivity contribution is 0.203. The van der Waals surface area contributed by atoms with Gasteiger partial charge in [-0.05, 0) is 24.7 Å². The molecule has 0 aromatic heterocycles. The summed E-state index contributed by atoms with van der Waals surface area (Å²) >= 11 is 0. The van der Waals surface area contributed by atoms with Crippen molar-refractivity contribution in [1.82, 2.24) is 10.2 Å². The molecule has 1 N–H and O–H groups in total. The van der Waals surface area contributed by atoms with Gasteiger partial charge in [-0.25, -0.2) is 4.79 Å². The Morgan fingerprint density at radius 1 is 1.43 bits per heavy atom. The molecule has 3 heteroatoms. The quantitative estimate of drug-likeness (QED) is 0.735. The van der Waals surface area contributed by atoms with Gasteiger partial charge in [0.05, 0.1) is 0 Å². The van der Waals surface area contributed by atoms with Crippen molar-refractivity contribution in [2.24, 2.45) is 5.41 Å². The van der Waals surface area contributed by atoms with Gasteiger partial charge in [-0.1, -0.05) is 19.8 Å². The molecule has 2 aliphatic rings. The van der Waals surface area contributed by atoms with E-state index in [2.05, 4.69) is 12.2 Å². The molecular formula is C11H20N2O. The number of carbonyl (C=O) groups excluding carboxylic acids is 1. The summed E-state index contributed by atoms with van der Waals surface area (Å²) in [6.45, 7) is 5.04. The standard InChI is InChI=1S/C11H20N2O/c1-11(4-2-3-5-11)6-8-13-9-7-12-10(13)14/h2-9H2,1H3,(H,12,14). The second-order valence-corrected chi connectivity index (χ2v) is 4.99. The molecule has 0 aromatic carbocycles. The van der Waals surface area contributed by atoms with E-state index in [9.17, 15) is 4.79 Å². The maximum Gasteiger partial charge on any atom is 0.317 e. The zero-order valence-corrected chi connectivity index (χ0v) is 9.01. The first kappa shape index (κ1) is 9.81. The first-order valence-corrected chi connectivity index (χ1v) is 5.72. The van der Waals surface area contributed by atoms with Crippen molar-refractivity contribution in [2.45, 2.75) is 39.0 Å². The normalized spacial score (nSPS) is 25.5. The molecule has 2 rings (SSSR count). The molecule has 0 atom stereocenters. The van der Waals surface area contributed by atoms with Crippen LogP contribution in [0.5, 0.6) is 0 Å². The number of amides is 2. The van der Waals surface area contributed by atoms with Crippen LogP contribution in [-0.2, 0) is 0 Å². The average Bonchev–Trinajstić information content (AvgIpc) is 2.73. The molecule has 1 saturated carbocycles. The van der Waals surface area contributed by atoms with Gasteiger partial charge >= 0.3 is 6.03 Å². The van der Waals surface area contributed by atoms with Crippen molar-refractivity contribution >= 4 is 6.03 Å². The van der Waals surface area contributed by atoms with Crippen LogP contribution in [-0.4, -0.2) is 30.6 Å². The van der Waals surface area contributed by atoms with Crippen LogP contribution in [0.3, 0.4) is 0 Å². The molecule has 1 aliphatic heterocycles. The molecule has 0 bridgehead atoms. The SMILES string of the molecule is CC1(CCN2CCNC2=O)CCCC1. The lowest BCUT2D eigenvalue weighted by atomic mass is 9.85. The molecule has 2 fully saturated rings. The molecule has 2 amide bonds. The Morgan fingerprint density at radius 3 is 2.71 bits per heavy atom. The van der Waals surface area contributed by atoms with Crippen molar-refractivity contribution < 1.29 is 4.79 Å². The summed E-state index contributed by atoms with van der Waals surface area (Å²) < 4.78 is 0. The predicted molar refractivity (Wildman–Crippen MR) is 56.2 cm³/mol. The first-order valence-electron chi connectivity index (χ1n) is 5.72. The van der Waals surface area contributed by atoms with Crippen molar-refractivity contribution in [3.8, 4) is 0 Å². The first-order chi connectivity index (χ1) is 6.70. The van der Waals surface area contributed by atoms with Gasteiger partial charge in [0.25, 0.3) is 0 Å². The minimum atomic E-state index is 0.131. The highest BCUT2D eigenvalue weighted by atomic mass is 16.2. The lowest BCUT2D eigenvalue weighted by Crippen LogP contribution is -2.31. The van der Waals surface area contributed by atoms with Crippen molar-refractivity contribution in [3.63, 3.8) is 0 Å². The summed E-state index contributed by atoms with van der Waals surface area (Å²) in [6.07, 6.45) is 6.64. The smallest absolute Gasteiger partial charge is 0.317 e. The largest absolute Gasteiger partial charge is 0.336 e. The number of hydrogen-bond donors (Lipinski definition) is 1. The van der Waals surface area contributed by atoms with Gasteiger partial charge in [0.1, 0.15) is 0 Å². The second kappa shape index (κ2) is 3.79. The van der Waals surface area contributed by atoms with E-state index in [1.165, 1.54) is 32.1 Å². The molecule has 0 spiro atoms. The molecule has 14 heavy (non-hydrogen) atoms. The van der Waals surface area contributed by atoms with Crippen LogP contribution in [0.1, 0.15) is 39.0 Å². The highest BCUT2D eigenvalue weighted by molar-refractivity contribution is 5.76. The van der Waals surface area contributed by atoms with Crippen molar-refractivity contribution in [2.75, 3.05) is 19.6 Å². The van der Waals surface area contributed by atoms with Crippen LogP contribution >= 0.6 is 0 Å². The molecule has 1 aliphatic carbocycles. The summed E-state index contributed by atoms with van der Waals surface area (Å²) in [5.74, 6) is 0. The third-order valence-corrected chi connectivity index (χ3v) is 3.74. The fraction of sp³-hybridized carbons (Fsp3) is 0.909. The third-order valence-electron chi connectivity index (χ3n) is 3.74. The molecule has 0 unspecified atom stereocenters. The van der Waals surface area contributed by atoms with E-state index >= 15 is 0 Å². The third kappa shape index (κ3) is 2.02. The molecule has 3 nitrogen and oxygen atoms in total. The Hall–Kier alpha value is -0.730. The molecule has 1 heterocycles. The molecule has 1 saturated heterocycles. The average molecular weight is 196 g/mol. The summed E-state index contributed by atoms with van der Waals surface area (Å²) in [6, 6.07) is 0.131. The van der Waals surface area contributed by atoms with Gasteiger partial charge in [0.15, 0.2) is 0 Å². The Labute approximate surface area is 85.8 Å². The van der Waals surface area contributed by atoms with Gasteiger partial charge in [-0.2, -0.15) is 0 Å². The number of urea groups is 1. The van der Waals surface area contributed by atoms with E-state index in [-0.39, 0.29) is 6.03 Å². The minimum Gasteiger partial charge on any atom is -0.336 e. The van der Waals surface area contributed by atoms with Gasteiger partial charge in [-0.3, -0.25) is 0 Å². The summed E-state index contributed by atoms with van der Waals surface area (Å²) in [5, 5.41) is 2.84. The van der Waals surface area contributed by atoms with Gasteiger partial charge in [-0.15, -0.1) is 0 Å². The van der Waals surface area contributed by atoms with Crippen LogP contribution in [0.25, 0.3) is 0 Å².